The lowest BCUT2D eigenvalue weighted by atomic mass is 9.86. The molecule has 2 N–H and O–H groups in total. The van der Waals surface area contributed by atoms with Crippen molar-refractivity contribution < 1.29 is 30.8 Å². The lowest BCUT2D eigenvalue weighted by Crippen LogP contribution is -2.36. The van der Waals surface area contributed by atoms with Crippen LogP contribution in [0.2, 0.25) is 0 Å². The van der Waals surface area contributed by atoms with Crippen LogP contribution < -0.4 is 10.0 Å². The van der Waals surface area contributed by atoms with Gasteiger partial charge in [-0.2, -0.15) is 13.2 Å². The number of carbonyl (C=O) groups excluding carboxylic acids is 1. The highest BCUT2D eigenvalue weighted by atomic mass is 32.2. The predicted molar refractivity (Wildman–Crippen MR) is 155 cm³/mol. The molecule has 43 heavy (non-hydrogen) atoms. The molecule has 0 bridgehead atoms. The largest absolute Gasteiger partial charge is 0.416 e. The van der Waals surface area contributed by atoms with Crippen LogP contribution in [0, 0.1) is 5.82 Å². The van der Waals surface area contributed by atoms with E-state index in [0.29, 0.717) is 12.5 Å². The summed E-state index contributed by atoms with van der Waals surface area (Å²) in [5, 5.41) is 3.02. The molecule has 0 saturated carbocycles. The second-order valence-corrected chi connectivity index (χ2v) is 13.1. The number of carbonyl (C=O) groups is 1. The first kappa shape index (κ1) is 31.2. The number of amides is 1. The lowest BCUT2D eigenvalue weighted by Gasteiger charge is -2.29. The third kappa shape index (κ3) is 8.01. The van der Waals surface area contributed by atoms with Gasteiger partial charge in [-0.1, -0.05) is 42.8 Å². The first-order valence-corrected chi connectivity index (χ1v) is 16.0. The van der Waals surface area contributed by atoms with E-state index in [1.165, 1.54) is 48.6 Å². The number of alkyl halides is 3. The Kier molecular flexibility index (Phi) is 9.53. The Bertz CT molecular complexity index is 1560. The number of halogens is 4. The van der Waals surface area contributed by atoms with Crippen molar-refractivity contribution in [2.75, 3.05) is 13.1 Å². The fraction of sp³-hybridized carbons (Fsp3) is 0.406. The number of piperidine rings is 1. The zero-order valence-electron chi connectivity index (χ0n) is 23.7. The molecule has 1 saturated heterocycles. The molecule has 2 atom stereocenters. The van der Waals surface area contributed by atoms with E-state index >= 15 is 0 Å². The Morgan fingerprint density at radius 2 is 1.72 bits per heavy atom. The van der Waals surface area contributed by atoms with Crippen LogP contribution >= 0.6 is 0 Å². The average molecular weight is 618 g/mol. The van der Waals surface area contributed by atoms with E-state index in [2.05, 4.69) is 33.1 Å². The number of sulfonamides is 1. The van der Waals surface area contributed by atoms with E-state index in [1.807, 2.05) is 0 Å². The molecule has 11 heteroatoms. The van der Waals surface area contributed by atoms with Gasteiger partial charge in [0, 0.05) is 13.0 Å². The second-order valence-electron chi connectivity index (χ2n) is 11.3. The summed E-state index contributed by atoms with van der Waals surface area (Å²) < 4.78 is 82.6. The maximum atomic E-state index is 14.1. The van der Waals surface area contributed by atoms with E-state index in [-0.39, 0.29) is 18.0 Å². The van der Waals surface area contributed by atoms with Crippen molar-refractivity contribution in [3.05, 3.63) is 100 Å². The number of benzene rings is 3. The van der Waals surface area contributed by atoms with Gasteiger partial charge in [0.15, 0.2) is 0 Å². The first-order chi connectivity index (χ1) is 20.5. The maximum Gasteiger partial charge on any atom is 0.416 e. The summed E-state index contributed by atoms with van der Waals surface area (Å²) in [5.41, 5.74) is 2.50. The number of rotatable bonds is 9. The number of likely N-dealkylation sites (tertiary alicyclic amines) is 1. The SMILES string of the molecule is O=C(C[C@@H](NS(=O)(=O)c1cccc(C(F)(F)F)c1)c1cccc(F)c1)N[C@@H]1CCCc2cc(CN3CCCCC3)ccc21. The molecule has 5 rings (SSSR count). The molecule has 1 heterocycles. The molecule has 1 amide bonds. The van der Waals surface area contributed by atoms with Gasteiger partial charge in [-0.15, -0.1) is 0 Å². The van der Waals surface area contributed by atoms with E-state index in [9.17, 15) is 30.8 Å². The molecular formula is C32H35F4N3O3S. The Morgan fingerprint density at radius 1 is 0.953 bits per heavy atom. The molecular weight excluding hydrogens is 582 g/mol. The molecule has 6 nitrogen and oxygen atoms in total. The minimum Gasteiger partial charge on any atom is -0.349 e. The topological polar surface area (TPSA) is 78.5 Å². The molecule has 1 fully saturated rings. The van der Waals surface area contributed by atoms with Gasteiger partial charge >= 0.3 is 6.18 Å². The number of nitrogens with one attached hydrogen (secondary N) is 2. The van der Waals surface area contributed by atoms with E-state index in [0.717, 1.165) is 62.3 Å². The van der Waals surface area contributed by atoms with Crippen molar-refractivity contribution in [3.8, 4) is 0 Å². The minimum atomic E-state index is -4.74. The molecule has 230 valence electrons. The summed E-state index contributed by atoms with van der Waals surface area (Å²) in [4.78, 5) is 15.2. The lowest BCUT2D eigenvalue weighted by molar-refractivity contribution is -0.137. The third-order valence-corrected chi connectivity index (χ3v) is 9.59. The van der Waals surface area contributed by atoms with Crippen LogP contribution in [0.4, 0.5) is 17.6 Å². The zero-order chi connectivity index (χ0) is 30.6. The van der Waals surface area contributed by atoms with Crippen molar-refractivity contribution in [1.29, 1.82) is 0 Å². The Morgan fingerprint density at radius 3 is 2.47 bits per heavy atom. The van der Waals surface area contributed by atoms with Crippen LogP contribution in [0.15, 0.2) is 71.6 Å². The van der Waals surface area contributed by atoms with Crippen molar-refractivity contribution in [3.63, 3.8) is 0 Å². The van der Waals surface area contributed by atoms with E-state index < -0.39 is 44.4 Å². The van der Waals surface area contributed by atoms with Gasteiger partial charge < -0.3 is 5.32 Å². The van der Waals surface area contributed by atoms with Crippen LogP contribution in [0.1, 0.15) is 78.4 Å². The normalized spacial score (nSPS) is 18.6. The summed E-state index contributed by atoms with van der Waals surface area (Å²) in [7, 11) is -4.50. The second kappa shape index (κ2) is 13.2. The molecule has 3 aromatic rings. The highest BCUT2D eigenvalue weighted by molar-refractivity contribution is 7.89. The van der Waals surface area contributed by atoms with E-state index in [4.69, 9.17) is 0 Å². The zero-order valence-corrected chi connectivity index (χ0v) is 24.5. The van der Waals surface area contributed by atoms with Gasteiger partial charge in [0.05, 0.1) is 22.5 Å². The number of hydrogen-bond donors (Lipinski definition) is 2. The number of hydrogen-bond acceptors (Lipinski definition) is 4. The smallest absolute Gasteiger partial charge is 0.349 e. The standard InChI is InChI=1S/C32H35F4N3O3S/c33-26-10-4-8-24(18-26)30(38-43(41,42)27-11-6-9-25(19-27)32(34,35)36)20-31(40)37-29-12-5-7-23-17-22(13-14-28(23)29)21-39-15-2-1-3-16-39/h4,6,8-11,13-14,17-19,29-30,38H,1-3,5,7,12,15-16,20-21H2,(H,37,40)/t29-,30-/m1/s1. The van der Waals surface area contributed by atoms with Gasteiger partial charge in [-0.3, -0.25) is 9.69 Å². The molecule has 0 radical (unpaired) electrons. The van der Waals surface area contributed by atoms with Gasteiger partial charge in [-0.05, 0) is 97.8 Å². The Balaban J connectivity index is 1.32. The quantitative estimate of drug-likeness (QED) is 0.271. The Hall–Kier alpha value is -3.28. The van der Waals surface area contributed by atoms with Crippen molar-refractivity contribution in [1.82, 2.24) is 14.9 Å². The van der Waals surface area contributed by atoms with Gasteiger partial charge in [0.1, 0.15) is 5.82 Å². The molecule has 0 spiro atoms. The third-order valence-electron chi connectivity index (χ3n) is 8.12. The summed E-state index contributed by atoms with van der Waals surface area (Å²) in [6.07, 6.45) is 1.08. The summed E-state index contributed by atoms with van der Waals surface area (Å²) in [6.45, 7) is 3.09. The van der Waals surface area contributed by atoms with Crippen LogP contribution in [0.5, 0.6) is 0 Å². The van der Waals surface area contributed by atoms with Crippen LogP contribution in [-0.2, 0) is 34.0 Å². The van der Waals surface area contributed by atoms with Crippen molar-refractivity contribution in [2.45, 2.75) is 74.6 Å². The minimum absolute atomic E-state index is 0.178. The molecule has 0 aromatic heterocycles. The predicted octanol–water partition coefficient (Wildman–Crippen LogP) is 6.43. The number of fused-ring (bicyclic) bond motifs is 1. The van der Waals surface area contributed by atoms with Crippen LogP contribution in [-0.4, -0.2) is 32.3 Å². The molecule has 1 aliphatic carbocycles. The molecule has 2 aliphatic rings. The molecule has 3 aromatic carbocycles. The van der Waals surface area contributed by atoms with Gasteiger partial charge in [0.2, 0.25) is 15.9 Å². The highest BCUT2D eigenvalue weighted by Gasteiger charge is 2.33. The monoisotopic (exact) mass is 617 g/mol. The van der Waals surface area contributed by atoms with Crippen LogP contribution in [0.3, 0.4) is 0 Å². The summed E-state index contributed by atoms with van der Waals surface area (Å²) >= 11 is 0. The van der Waals surface area contributed by atoms with E-state index in [1.54, 1.807) is 0 Å². The summed E-state index contributed by atoms with van der Waals surface area (Å²) in [5.74, 6) is -1.10. The molecule has 0 unspecified atom stereocenters. The number of aryl methyl sites for hydroxylation is 1. The van der Waals surface area contributed by atoms with Gasteiger partial charge in [-0.25, -0.2) is 17.5 Å². The van der Waals surface area contributed by atoms with Crippen LogP contribution in [0.25, 0.3) is 0 Å². The van der Waals surface area contributed by atoms with Crippen molar-refractivity contribution in [2.24, 2.45) is 0 Å². The fourth-order valence-corrected chi connectivity index (χ4v) is 7.25. The molecule has 1 aliphatic heterocycles. The highest BCUT2D eigenvalue weighted by Crippen LogP contribution is 2.33. The Labute approximate surface area is 249 Å². The first-order valence-electron chi connectivity index (χ1n) is 14.6. The maximum absolute atomic E-state index is 14.1. The average Bonchev–Trinajstić information content (AvgIpc) is 2.97. The summed E-state index contributed by atoms with van der Waals surface area (Å²) in [6, 6.07) is 13.3. The van der Waals surface area contributed by atoms with Crippen molar-refractivity contribution >= 4 is 15.9 Å². The fourth-order valence-electron chi connectivity index (χ4n) is 5.98. The number of nitrogens with zero attached hydrogens (tertiary/aromatic N) is 1. The van der Waals surface area contributed by atoms with Gasteiger partial charge in [0.25, 0.3) is 0 Å².